The van der Waals surface area contributed by atoms with Crippen molar-refractivity contribution in [3.8, 4) is 0 Å². The lowest BCUT2D eigenvalue weighted by Crippen LogP contribution is -2.41. The second-order valence-electron chi connectivity index (χ2n) is 5.65. The quantitative estimate of drug-likeness (QED) is 0.268. The van der Waals surface area contributed by atoms with Crippen LogP contribution in [0, 0.1) is 0 Å². The van der Waals surface area contributed by atoms with Crippen LogP contribution in [0.3, 0.4) is 0 Å². The molecule has 12 heteroatoms. The van der Waals surface area contributed by atoms with Gasteiger partial charge in [0.1, 0.15) is 11.4 Å². The van der Waals surface area contributed by atoms with Gasteiger partial charge in [0.15, 0.2) is 0 Å². The summed E-state index contributed by atoms with van der Waals surface area (Å²) in [5.41, 5.74) is -3.57. The number of rotatable bonds is 10. The van der Waals surface area contributed by atoms with Crippen LogP contribution in [0.25, 0.3) is 11.4 Å². The summed E-state index contributed by atoms with van der Waals surface area (Å²) in [6, 6.07) is 0.845. The maximum atomic E-state index is 13.1. The molecule has 0 radical (unpaired) electrons. The average molecular weight is 452 g/mol. The molecule has 0 aliphatic carbocycles. The Labute approximate surface area is 182 Å². The third-order valence-electron chi connectivity index (χ3n) is 3.54. The molecule has 0 saturated carbocycles. The highest BCUT2D eigenvalue weighted by molar-refractivity contribution is 6.16. The van der Waals surface area contributed by atoms with E-state index in [0.717, 1.165) is 12.3 Å². The van der Waals surface area contributed by atoms with Crippen molar-refractivity contribution in [2.75, 3.05) is 26.4 Å². The summed E-state index contributed by atoms with van der Waals surface area (Å²) in [6.45, 7) is 5.80. The third kappa shape index (κ3) is 6.79. The standard InChI is InChI=1S/C20H24N2O10/c1-5-29-16(24)11-13(18(26)31-7-3)21-10-9-15(23)22(20(21)28)14(19(27)32-8-4)12-17(25)30-6-2/h9-12H,5-8H2,1-4H3/b13-11+,14-12+. The Bertz CT molecular complexity index is 1050. The predicted octanol–water partition coefficient (Wildman–Crippen LogP) is -0.0558. The molecule has 1 aromatic heterocycles. The van der Waals surface area contributed by atoms with Crippen molar-refractivity contribution in [2.45, 2.75) is 27.7 Å². The van der Waals surface area contributed by atoms with Crippen molar-refractivity contribution in [1.29, 1.82) is 0 Å². The van der Waals surface area contributed by atoms with E-state index in [2.05, 4.69) is 0 Å². The molecule has 12 nitrogen and oxygen atoms in total. The maximum absolute atomic E-state index is 13.1. The zero-order valence-corrected chi connectivity index (χ0v) is 18.1. The molecule has 32 heavy (non-hydrogen) atoms. The molecular formula is C20H24N2O10. The highest BCUT2D eigenvalue weighted by atomic mass is 16.5. The molecule has 0 aliphatic rings. The van der Waals surface area contributed by atoms with E-state index in [-0.39, 0.29) is 26.4 Å². The fraction of sp³-hybridized carbons (Fsp3) is 0.400. The van der Waals surface area contributed by atoms with Crippen molar-refractivity contribution >= 4 is 35.3 Å². The Morgan fingerprint density at radius 2 is 1.19 bits per heavy atom. The molecule has 1 aromatic rings. The van der Waals surface area contributed by atoms with Crippen molar-refractivity contribution in [3.05, 3.63) is 45.3 Å². The van der Waals surface area contributed by atoms with Crippen molar-refractivity contribution in [1.82, 2.24) is 9.13 Å². The number of ether oxygens (including phenoxy) is 4. The van der Waals surface area contributed by atoms with Gasteiger partial charge in [-0.3, -0.25) is 9.36 Å². The number of carbonyl (C=O) groups excluding carboxylic acids is 4. The number of nitrogens with zero attached hydrogens (tertiary/aromatic N) is 2. The molecule has 1 rings (SSSR count). The predicted molar refractivity (Wildman–Crippen MR) is 110 cm³/mol. The summed E-state index contributed by atoms with van der Waals surface area (Å²) in [5.74, 6) is -4.19. The van der Waals surface area contributed by atoms with Gasteiger partial charge in [0.25, 0.3) is 5.56 Å². The molecule has 174 valence electrons. The van der Waals surface area contributed by atoms with E-state index in [0.29, 0.717) is 21.3 Å². The van der Waals surface area contributed by atoms with Gasteiger partial charge in [-0.05, 0) is 27.7 Å². The van der Waals surface area contributed by atoms with Crippen LogP contribution in [-0.2, 0) is 38.1 Å². The van der Waals surface area contributed by atoms with Gasteiger partial charge >= 0.3 is 29.6 Å². The van der Waals surface area contributed by atoms with Gasteiger partial charge < -0.3 is 18.9 Å². The molecule has 0 fully saturated rings. The van der Waals surface area contributed by atoms with Crippen LogP contribution in [-0.4, -0.2) is 59.4 Å². The van der Waals surface area contributed by atoms with E-state index in [1.54, 1.807) is 0 Å². The molecule has 0 aromatic carbocycles. The van der Waals surface area contributed by atoms with Gasteiger partial charge in [-0.25, -0.2) is 28.5 Å². The summed E-state index contributed by atoms with van der Waals surface area (Å²) in [7, 11) is 0. The zero-order chi connectivity index (χ0) is 24.3. The van der Waals surface area contributed by atoms with Crippen molar-refractivity contribution < 1.29 is 38.1 Å². The second kappa shape index (κ2) is 12.7. The minimum absolute atomic E-state index is 0.00484. The summed E-state index contributed by atoms with van der Waals surface area (Å²) in [5, 5.41) is 0. The summed E-state index contributed by atoms with van der Waals surface area (Å²) >= 11 is 0. The monoisotopic (exact) mass is 452 g/mol. The average Bonchev–Trinajstić information content (AvgIpc) is 2.72. The lowest BCUT2D eigenvalue weighted by Gasteiger charge is -2.13. The molecule has 0 N–H and O–H groups in total. The van der Waals surface area contributed by atoms with Gasteiger partial charge in [0.05, 0.1) is 38.6 Å². The Morgan fingerprint density at radius 1 is 0.750 bits per heavy atom. The lowest BCUT2D eigenvalue weighted by molar-refractivity contribution is -0.139. The van der Waals surface area contributed by atoms with Gasteiger partial charge in [-0.15, -0.1) is 0 Å². The van der Waals surface area contributed by atoms with E-state index in [9.17, 15) is 28.8 Å². The first-order chi connectivity index (χ1) is 15.2. The van der Waals surface area contributed by atoms with Crippen molar-refractivity contribution in [3.63, 3.8) is 0 Å². The fourth-order valence-corrected chi connectivity index (χ4v) is 2.33. The summed E-state index contributed by atoms with van der Waals surface area (Å²) < 4.78 is 20.1. The van der Waals surface area contributed by atoms with Crippen LogP contribution < -0.4 is 11.2 Å². The number of carbonyl (C=O) groups is 4. The van der Waals surface area contributed by atoms with E-state index in [4.69, 9.17) is 18.9 Å². The van der Waals surface area contributed by atoms with Gasteiger partial charge in [0.2, 0.25) is 0 Å². The minimum Gasteiger partial charge on any atom is -0.463 e. The molecule has 0 unspecified atom stereocenters. The van der Waals surface area contributed by atoms with Crippen LogP contribution in [0.2, 0.25) is 0 Å². The third-order valence-corrected chi connectivity index (χ3v) is 3.54. The molecule has 0 amide bonds. The van der Waals surface area contributed by atoms with Crippen molar-refractivity contribution in [2.24, 2.45) is 0 Å². The first-order valence-electron chi connectivity index (χ1n) is 9.68. The highest BCUT2D eigenvalue weighted by Gasteiger charge is 2.24. The Hall–Kier alpha value is -3.96. The van der Waals surface area contributed by atoms with E-state index in [1.165, 1.54) is 27.7 Å². The van der Waals surface area contributed by atoms with Crippen LogP contribution >= 0.6 is 0 Å². The lowest BCUT2D eigenvalue weighted by atomic mass is 10.3. The molecule has 0 saturated heterocycles. The van der Waals surface area contributed by atoms with Crippen LogP contribution in [0.5, 0.6) is 0 Å². The number of aromatic nitrogens is 2. The number of hydrogen-bond acceptors (Lipinski definition) is 10. The first-order valence-corrected chi connectivity index (χ1v) is 9.68. The topological polar surface area (TPSA) is 149 Å². The first kappa shape index (κ1) is 26.1. The van der Waals surface area contributed by atoms with Crippen LogP contribution in [0.1, 0.15) is 27.7 Å². The molecule has 0 spiro atoms. The Morgan fingerprint density at radius 3 is 1.66 bits per heavy atom. The smallest absolute Gasteiger partial charge is 0.355 e. The maximum Gasteiger partial charge on any atom is 0.355 e. The van der Waals surface area contributed by atoms with Gasteiger partial charge in [-0.1, -0.05) is 0 Å². The van der Waals surface area contributed by atoms with Gasteiger partial charge in [0, 0.05) is 12.3 Å². The molecule has 0 bridgehead atoms. The van der Waals surface area contributed by atoms with Crippen LogP contribution in [0.15, 0.2) is 34.0 Å². The largest absolute Gasteiger partial charge is 0.463 e. The second-order valence-corrected chi connectivity index (χ2v) is 5.65. The van der Waals surface area contributed by atoms with Crippen LogP contribution in [0.4, 0.5) is 0 Å². The normalized spacial score (nSPS) is 11.5. The Kier molecular flexibility index (Phi) is 10.3. The summed E-state index contributed by atoms with van der Waals surface area (Å²) in [6.07, 6.45) is 2.24. The minimum atomic E-state index is -1.25. The SMILES string of the molecule is CCOC(=O)/C=C(\C(=O)OCC)n1ccc(=O)n(/C(=C/C(=O)OCC)C(=O)OCC)c1=O. The number of hydrogen-bond donors (Lipinski definition) is 0. The highest BCUT2D eigenvalue weighted by Crippen LogP contribution is 2.08. The molecule has 1 heterocycles. The fourth-order valence-electron chi connectivity index (χ4n) is 2.33. The molecule has 0 aliphatic heterocycles. The molecular weight excluding hydrogens is 428 g/mol. The summed E-state index contributed by atoms with van der Waals surface area (Å²) in [4.78, 5) is 74.1. The molecule has 0 atom stereocenters. The van der Waals surface area contributed by atoms with E-state index < -0.39 is 46.5 Å². The van der Waals surface area contributed by atoms with E-state index >= 15 is 0 Å². The number of esters is 4. The van der Waals surface area contributed by atoms with Gasteiger partial charge in [-0.2, -0.15) is 0 Å². The zero-order valence-electron chi connectivity index (χ0n) is 18.1. The Balaban J connectivity index is 3.82. The van der Waals surface area contributed by atoms with E-state index in [1.807, 2.05) is 0 Å².